The van der Waals surface area contributed by atoms with Gasteiger partial charge in [0.1, 0.15) is 11.8 Å². The Morgan fingerprint density at radius 2 is 1.93 bits per heavy atom. The third-order valence-electron chi connectivity index (χ3n) is 4.34. The number of aromatic amines is 2. The zero-order chi connectivity index (χ0) is 21.4. The van der Waals surface area contributed by atoms with Gasteiger partial charge in [-0.1, -0.05) is 30.1 Å². The lowest BCUT2D eigenvalue weighted by molar-refractivity contribution is 0.483. The number of halogens is 2. The molecule has 30 heavy (non-hydrogen) atoms. The highest BCUT2D eigenvalue weighted by atomic mass is 35.5. The molecular formula is C19H12Cl2N6O3. The molecule has 0 atom stereocenters. The summed E-state index contributed by atoms with van der Waals surface area (Å²) in [6.07, 6.45) is 0.780. The molecular weight excluding hydrogens is 431 g/mol. The molecule has 4 rings (SSSR count). The molecule has 0 aliphatic rings. The van der Waals surface area contributed by atoms with E-state index >= 15 is 0 Å². The number of benzene rings is 2. The summed E-state index contributed by atoms with van der Waals surface area (Å²) in [5.74, 6) is 0.683. The second kappa shape index (κ2) is 7.67. The highest BCUT2D eigenvalue weighted by Gasteiger charge is 2.16. The Morgan fingerprint density at radius 3 is 2.60 bits per heavy atom. The van der Waals surface area contributed by atoms with Gasteiger partial charge in [-0.3, -0.25) is 14.9 Å². The van der Waals surface area contributed by atoms with Crippen LogP contribution in [-0.4, -0.2) is 25.0 Å². The van der Waals surface area contributed by atoms with Crippen LogP contribution in [0.15, 0.2) is 39.9 Å². The molecule has 2 aromatic carbocycles. The van der Waals surface area contributed by atoms with Crippen molar-refractivity contribution in [3.63, 3.8) is 0 Å². The monoisotopic (exact) mass is 442 g/mol. The lowest BCUT2D eigenvalue weighted by Gasteiger charge is -2.12. The van der Waals surface area contributed by atoms with E-state index in [1.165, 1.54) is 12.1 Å². The zero-order valence-electron chi connectivity index (χ0n) is 15.4. The number of aryl methyl sites for hydroxylation is 1. The first kappa shape index (κ1) is 19.7. The molecule has 2 aromatic heterocycles. The summed E-state index contributed by atoms with van der Waals surface area (Å²) in [6, 6.07) is 9.77. The van der Waals surface area contributed by atoms with Gasteiger partial charge in [0, 0.05) is 11.1 Å². The van der Waals surface area contributed by atoms with Crippen LogP contribution in [0.3, 0.4) is 0 Å². The number of hydrogen-bond acceptors (Lipinski definition) is 6. The molecule has 0 aliphatic heterocycles. The zero-order valence-corrected chi connectivity index (χ0v) is 16.9. The van der Waals surface area contributed by atoms with Crippen molar-refractivity contribution in [2.45, 2.75) is 13.3 Å². The van der Waals surface area contributed by atoms with Crippen LogP contribution in [0, 0.1) is 11.3 Å². The molecule has 0 aliphatic carbocycles. The van der Waals surface area contributed by atoms with Gasteiger partial charge >= 0.3 is 5.69 Å². The number of nitrogens with one attached hydrogen (secondary N) is 2. The first-order chi connectivity index (χ1) is 14.4. The van der Waals surface area contributed by atoms with Crippen LogP contribution >= 0.6 is 23.2 Å². The Hall–Kier alpha value is -3.61. The first-order valence-electron chi connectivity index (χ1n) is 8.69. The van der Waals surface area contributed by atoms with Gasteiger partial charge in [-0.2, -0.15) is 15.0 Å². The predicted octanol–water partition coefficient (Wildman–Crippen LogP) is 3.33. The molecule has 2 heterocycles. The maximum Gasteiger partial charge on any atom is 0.349 e. The highest BCUT2D eigenvalue weighted by Crippen LogP contribution is 2.38. The van der Waals surface area contributed by atoms with E-state index in [0.717, 1.165) is 27.7 Å². The quantitative estimate of drug-likeness (QED) is 0.498. The predicted molar refractivity (Wildman–Crippen MR) is 111 cm³/mol. The van der Waals surface area contributed by atoms with Crippen LogP contribution in [0.5, 0.6) is 11.5 Å². The molecule has 0 fully saturated rings. The second-order valence-corrected chi connectivity index (χ2v) is 7.02. The number of nitrogens with zero attached hydrogens (tertiary/aromatic N) is 4. The average molecular weight is 443 g/mol. The smallest absolute Gasteiger partial charge is 0.349 e. The van der Waals surface area contributed by atoms with E-state index in [2.05, 4.69) is 15.3 Å². The van der Waals surface area contributed by atoms with Crippen molar-refractivity contribution >= 4 is 34.1 Å². The Balaban J connectivity index is 1.75. The normalized spacial score (nSPS) is 10.9. The second-order valence-electron chi connectivity index (χ2n) is 6.21. The number of nitriles is 1. The number of H-pyrrole nitrogens is 2. The lowest BCUT2D eigenvalue weighted by atomic mass is 10.2. The fourth-order valence-electron chi connectivity index (χ4n) is 2.91. The number of hydrogen-bond donors (Lipinski definition) is 2. The molecule has 9 nitrogen and oxygen atoms in total. The molecule has 0 radical (unpaired) electrons. The van der Waals surface area contributed by atoms with Crippen molar-refractivity contribution < 1.29 is 4.74 Å². The molecule has 150 valence electrons. The topological polar surface area (TPSA) is 129 Å². The summed E-state index contributed by atoms with van der Waals surface area (Å²) in [6.45, 7) is 2.01. The van der Waals surface area contributed by atoms with Crippen LogP contribution in [-0.2, 0) is 6.42 Å². The van der Waals surface area contributed by atoms with Crippen molar-refractivity contribution in [3.05, 3.63) is 72.6 Å². The van der Waals surface area contributed by atoms with Gasteiger partial charge in [0.25, 0.3) is 5.56 Å². The van der Waals surface area contributed by atoms with Crippen LogP contribution in [0.4, 0.5) is 0 Å². The largest absolute Gasteiger partial charge is 0.454 e. The minimum Gasteiger partial charge on any atom is -0.454 e. The minimum atomic E-state index is -0.878. The maximum atomic E-state index is 12.1. The van der Waals surface area contributed by atoms with Crippen LogP contribution in [0.25, 0.3) is 16.6 Å². The molecule has 0 amide bonds. The lowest BCUT2D eigenvalue weighted by Crippen LogP contribution is -2.33. The maximum absolute atomic E-state index is 12.1. The van der Waals surface area contributed by atoms with Crippen LogP contribution in [0.1, 0.15) is 18.3 Å². The van der Waals surface area contributed by atoms with Crippen LogP contribution in [0.2, 0.25) is 10.0 Å². The van der Waals surface area contributed by atoms with Crippen LogP contribution < -0.4 is 16.0 Å². The van der Waals surface area contributed by atoms with Gasteiger partial charge in [-0.15, -0.1) is 5.10 Å². The number of aromatic nitrogens is 5. The molecule has 4 aromatic rings. The number of fused-ring (bicyclic) bond motifs is 1. The fraction of sp³-hybridized carbons (Fsp3) is 0.105. The molecule has 2 N–H and O–H groups in total. The van der Waals surface area contributed by atoms with Crippen molar-refractivity contribution in [2.75, 3.05) is 0 Å². The average Bonchev–Trinajstić information content (AvgIpc) is 3.13. The van der Waals surface area contributed by atoms with E-state index in [9.17, 15) is 9.59 Å². The van der Waals surface area contributed by atoms with E-state index in [0.29, 0.717) is 5.75 Å². The van der Waals surface area contributed by atoms with E-state index in [4.69, 9.17) is 33.2 Å². The van der Waals surface area contributed by atoms with Gasteiger partial charge in [0.05, 0.1) is 21.2 Å². The number of ether oxygens (including phenoxy) is 1. The van der Waals surface area contributed by atoms with Gasteiger partial charge < -0.3 is 4.74 Å². The molecule has 0 saturated heterocycles. The minimum absolute atomic E-state index is 0.110. The highest BCUT2D eigenvalue weighted by molar-refractivity contribution is 6.37. The SMILES string of the molecule is CCc1[nH]nc2ccc(Oc3c(Cl)cc(-n4nc(C#N)c(=O)[nH]c4=O)cc3Cl)cc12. The van der Waals surface area contributed by atoms with Crippen molar-refractivity contribution in [1.29, 1.82) is 5.26 Å². The summed E-state index contributed by atoms with van der Waals surface area (Å²) in [5, 5.41) is 21.0. The Labute approximate surface area is 178 Å². The number of rotatable bonds is 4. The molecule has 0 bridgehead atoms. The van der Waals surface area contributed by atoms with E-state index < -0.39 is 16.9 Å². The third-order valence-corrected chi connectivity index (χ3v) is 4.90. The summed E-state index contributed by atoms with van der Waals surface area (Å²) >= 11 is 12.7. The summed E-state index contributed by atoms with van der Waals surface area (Å²) < 4.78 is 6.70. The van der Waals surface area contributed by atoms with E-state index in [1.54, 1.807) is 12.1 Å². The summed E-state index contributed by atoms with van der Waals surface area (Å²) in [4.78, 5) is 25.6. The van der Waals surface area contributed by atoms with Gasteiger partial charge in [-0.25, -0.2) is 4.79 Å². The van der Waals surface area contributed by atoms with Crippen molar-refractivity contribution in [3.8, 4) is 23.3 Å². The molecule has 0 unspecified atom stereocenters. The summed E-state index contributed by atoms with van der Waals surface area (Å²) in [7, 11) is 0. The van der Waals surface area contributed by atoms with Gasteiger partial charge in [0.15, 0.2) is 5.75 Å². The molecule has 11 heteroatoms. The summed E-state index contributed by atoms with van der Waals surface area (Å²) in [5.41, 5.74) is -0.242. The molecule has 0 spiro atoms. The standard InChI is InChI=1S/C19H12Cl2N6O3/c1-2-14-11-7-10(3-4-15(11)25-24-14)30-17-12(20)5-9(6-13(17)21)27-19(29)23-18(28)16(8-22)26-27/h3-7H,2H2,1H3,(H,24,25)(H,23,28,29). The van der Waals surface area contributed by atoms with Gasteiger partial charge in [-0.05, 0) is 36.8 Å². The third kappa shape index (κ3) is 3.43. The van der Waals surface area contributed by atoms with Crippen molar-refractivity contribution in [1.82, 2.24) is 25.0 Å². The van der Waals surface area contributed by atoms with E-state index in [-0.39, 0.29) is 21.5 Å². The molecule has 0 saturated carbocycles. The van der Waals surface area contributed by atoms with Crippen molar-refractivity contribution in [2.24, 2.45) is 0 Å². The first-order valence-corrected chi connectivity index (χ1v) is 9.45. The Kier molecular flexibility index (Phi) is 5.03. The van der Waals surface area contributed by atoms with Gasteiger partial charge in [0.2, 0.25) is 5.69 Å². The Morgan fingerprint density at radius 1 is 1.20 bits per heavy atom. The fourth-order valence-corrected chi connectivity index (χ4v) is 3.46. The Bertz CT molecular complexity index is 1420. The van der Waals surface area contributed by atoms with E-state index in [1.807, 2.05) is 24.0 Å².